The van der Waals surface area contributed by atoms with Crippen molar-refractivity contribution in [2.45, 2.75) is 5.75 Å². The van der Waals surface area contributed by atoms with Gasteiger partial charge >= 0.3 is 0 Å². The van der Waals surface area contributed by atoms with Crippen LogP contribution in [0.5, 0.6) is 23.0 Å². The first-order chi connectivity index (χ1) is 12.8. The van der Waals surface area contributed by atoms with Crippen LogP contribution in [0.25, 0.3) is 21.8 Å². The number of phenols is 4. The van der Waals surface area contributed by atoms with E-state index in [1.165, 1.54) is 18.2 Å². The zero-order valence-corrected chi connectivity index (χ0v) is 14.7. The van der Waals surface area contributed by atoms with Gasteiger partial charge in [0.2, 0.25) is 10.0 Å². The molecule has 0 aliphatic rings. The number of fused-ring (bicyclic) bond motifs is 3. The third-order valence-electron chi connectivity index (χ3n) is 4.40. The Labute approximate surface area is 154 Å². The molecule has 3 aromatic carbocycles. The molecule has 0 fully saturated rings. The molecule has 0 amide bonds. The van der Waals surface area contributed by atoms with Crippen LogP contribution < -0.4 is 0 Å². The highest BCUT2D eigenvalue weighted by Crippen LogP contribution is 2.43. The summed E-state index contributed by atoms with van der Waals surface area (Å²) in [6.45, 7) is 0. The van der Waals surface area contributed by atoms with Crippen LogP contribution in [0.1, 0.15) is 5.56 Å². The lowest BCUT2D eigenvalue weighted by Crippen LogP contribution is -2.15. The van der Waals surface area contributed by atoms with Crippen molar-refractivity contribution in [3.63, 3.8) is 0 Å². The molecule has 27 heavy (non-hydrogen) atoms. The summed E-state index contributed by atoms with van der Waals surface area (Å²) >= 11 is 0. The Morgan fingerprint density at radius 2 is 1.44 bits per heavy atom. The van der Waals surface area contributed by atoms with Crippen LogP contribution in [0.2, 0.25) is 0 Å². The first kappa shape index (κ1) is 17.0. The largest absolute Gasteiger partial charge is 0.504 e. The second kappa shape index (κ2) is 5.82. The number of phenolic OH excluding ortho intramolecular Hbond substituents is 4. The standard InChI is InChI=1S/C19H15NO6S/c21-15-7-6-12-13-8-16(22)17(23)9-14(13)20(18(12)19(15)24)27(25,26)10-11-4-2-1-3-5-11/h1-9,21-24H,10H2. The minimum absolute atomic E-state index is 0.0807. The number of aromatic nitrogens is 1. The Balaban J connectivity index is 2.11. The summed E-state index contributed by atoms with van der Waals surface area (Å²) in [7, 11) is -4.04. The summed E-state index contributed by atoms with van der Waals surface area (Å²) in [5.41, 5.74) is 0.498. The molecular weight excluding hydrogens is 370 g/mol. The van der Waals surface area contributed by atoms with Crippen LogP contribution in [0.15, 0.2) is 54.6 Å². The molecule has 1 aromatic heterocycles. The maximum Gasteiger partial charge on any atom is 0.243 e. The van der Waals surface area contributed by atoms with E-state index < -0.39 is 33.0 Å². The average molecular weight is 385 g/mol. The highest BCUT2D eigenvalue weighted by molar-refractivity contribution is 7.89. The Morgan fingerprint density at radius 3 is 2.15 bits per heavy atom. The lowest BCUT2D eigenvalue weighted by molar-refractivity contribution is 0.405. The van der Waals surface area contributed by atoms with Gasteiger partial charge in [0.05, 0.1) is 11.3 Å². The van der Waals surface area contributed by atoms with E-state index in [2.05, 4.69) is 0 Å². The molecule has 0 radical (unpaired) electrons. The third kappa shape index (κ3) is 2.61. The maximum absolute atomic E-state index is 13.2. The van der Waals surface area contributed by atoms with Crippen molar-refractivity contribution < 1.29 is 28.8 Å². The van der Waals surface area contributed by atoms with Gasteiger partial charge in [-0.25, -0.2) is 12.4 Å². The van der Waals surface area contributed by atoms with Gasteiger partial charge in [0.25, 0.3) is 0 Å². The molecular formula is C19H15NO6S. The third-order valence-corrected chi connectivity index (χ3v) is 6.04. The van der Waals surface area contributed by atoms with E-state index in [9.17, 15) is 28.8 Å². The van der Waals surface area contributed by atoms with Gasteiger partial charge < -0.3 is 20.4 Å². The predicted molar refractivity (Wildman–Crippen MR) is 101 cm³/mol. The fourth-order valence-electron chi connectivity index (χ4n) is 3.20. The van der Waals surface area contributed by atoms with Crippen molar-refractivity contribution in [3.8, 4) is 23.0 Å². The van der Waals surface area contributed by atoms with Crippen LogP contribution in [-0.4, -0.2) is 32.8 Å². The second-order valence-corrected chi connectivity index (χ2v) is 8.01. The Hall–Kier alpha value is -3.39. The summed E-state index contributed by atoms with van der Waals surface area (Å²) in [5.74, 6) is -2.35. The van der Waals surface area contributed by atoms with E-state index in [1.807, 2.05) is 0 Å². The summed E-state index contributed by atoms with van der Waals surface area (Å²) in [4.78, 5) is 0. The van der Waals surface area contributed by atoms with Gasteiger partial charge in [0.1, 0.15) is 5.52 Å². The first-order valence-corrected chi connectivity index (χ1v) is 9.59. The van der Waals surface area contributed by atoms with E-state index in [4.69, 9.17) is 0 Å². The van der Waals surface area contributed by atoms with Crippen molar-refractivity contribution in [1.29, 1.82) is 0 Å². The Morgan fingerprint density at radius 1 is 0.778 bits per heavy atom. The summed E-state index contributed by atoms with van der Waals surface area (Å²) in [6.07, 6.45) is 0. The summed E-state index contributed by atoms with van der Waals surface area (Å²) < 4.78 is 27.2. The van der Waals surface area contributed by atoms with Gasteiger partial charge in [-0.05, 0) is 23.8 Å². The number of rotatable bonds is 3. The van der Waals surface area contributed by atoms with Crippen LogP contribution in [0.3, 0.4) is 0 Å². The maximum atomic E-state index is 13.2. The van der Waals surface area contributed by atoms with E-state index in [-0.39, 0.29) is 16.8 Å². The van der Waals surface area contributed by atoms with Crippen LogP contribution in [0, 0.1) is 0 Å². The molecule has 0 bridgehead atoms. The fourth-order valence-corrected chi connectivity index (χ4v) is 4.86. The average Bonchev–Trinajstić information content (AvgIpc) is 2.94. The topological polar surface area (TPSA) is 120 Å². The van der Waals surface area contributed by atoms with Crippen LogP contribution in [-0.2, 0) is 15.8 Å². The monoisotopic (exact) mass is 385 g/mol. The van der Waals surface area contributed by atoms with Crippen molar-refractivity contribution in [2.24, 2.45) is 0 Å². The van der Waals surface area contributed by atoms with Gasteiger partial charge in [-0.15, -0.1) is 0 Å². The molecule has 0 aliphatic heterocycles. The summed E-state index contributed by atoms with van der Waals surface area (Å²) in [5, 5.41) is 40.6. The Bertz CT molecular complexity index is 1290. The molecule has 0 aliphatic carbocycles. The molecule has 4 aromatic rings. The molecule has 4 rings (SSSR count). The van der Waals surface area contributed by atoms with Crippen molar-refractivity contribution in [1.82, 2.24) is 3.97 Å². The minimum Gasteiger partial charge on any atom is -0.504 e. The summed E-state index contributed by atoms with van der Waals surface area (Å²) in [6, 6.07) is 13.5. The number of benzene rings is 3. The number of hydrogen-bond acceptors (Lipinski definition) is 6. The molecule has 7 nitrogen and oxygen atoms in total. The fraction of sp³-hybridized carbons (Fsp3) is 0.0526. The zero-order valence-electron chi connectivity index (χ0n) is 13.9. The molecule has 0 atom stereocenters. The van der Waals surface area contributed by atoms with Gasteiger partial charge in [0.15, 0.2) is 23.0 Å². The zero-order chi connectivity index (χ0) is 19.3. The Kier molecular flexibility index (Phi) is 3.67. The van der Waals surface area contributed by atoms with Crippen molar-refractivity contribution in [2.75, 3.05) is 0 Å². The lowest BCUT2D eigenvalue weighted by atomic mass is 10.1. The molecule has 1 heterocycles. The second-order valence-electron chi connectivity index (χ2n) is 6.19. The minimum atomic E-state index is -4.04. The van der Waals surface area contributed by atoms with Gasteiger partial charge in [-0.3, -0.25) is 0 Å². The smallest absolute Gasteiger partial charge is 0.243 e. The van der Waals surface area contributed by atoms with Crippen molar-refractivity contribution in [3.05, 3.63) is 60.2 Å². The van der Waals surface area contributed by atoms with E-state index in [0.29, 0.717) is 16.3 Å². The van der Waals surface area contributed by atoms with Gasteiger partial charge in [-0.2, -0.15) is 0 Å². The molecule has 4 N–H and O–H groups in total. The SMILES string of the molecule is O=S(=O)(Cc1ccccc1)n1c2cc(O)c(O)cc2c2ccc(O)c(O)c21. The van der Waals surface area contributed by atoms with E-state index >= 15 is 0 Å². The molecule has 138 valence electrons. The molecule has 0 spiro atoms. The van der Waals surface area contributed by atoms with Gasteiger partial charge in [-0.1, -0.05) is 30.3 Å². The molecule has 0 saturated carbocycles. The van der Waals surface area contributed by atoms with E-state index in [1.54, 1.807) is 30.3 Å². The quantitative estimate of drug-likeness (QED) is 0.403. The molecule has 0 saturated heterocycles. The molecule has 0 unspecified atom stereocenters. The number of hydrogen-bond donors (Lipinski definition) is 4. The lowest BCUT2D eigenvalue weighted by Gasteiger charge is -2.11. The number of nitrogens with zero attached hydrogens (tertiary/aromatic N) is 1. The highest BCUT2D eigenvalue weighted by atomic mass is 32.2. The first-order valence-electron chi connectivity index (χ1n) is 7.98. The van der Waals surface area contributed by atoms with Gasteiger partial charge in [0, 0.05) is 16.8 Å². The highest BCUT2D eigenvalue weighted by Gasteiger charge is 2.26. The normalized spacial score (nSPS) is 12.0. The predicted octanol–water partition coefficient (Wildman–Crippen LogP) is 3.00. The van der Waals surface area contributed by atoms with Crippen LogP contribution in [0.4, 0.5) is 0 Å². The number of aromatic hydroxyl groups is 4. The van der Waals surface area contributed by atoms with Crippen LogP contribution >= 0.6 is 0 Å². The molecule has 8 heteroatoms. The van der Waals surface area contributed by atoms with Crippen molar-refractivity contribution >= 4 is 31.8 Å². The van der Waals surface area contributed by atoms with E-state index in [0.717, 1.165) is 10.0 Å².